The monoisotopic (exact) mass is 177 g/mol. The molecule has 13 heavy (non-hydrogen) atoms. The molecular weight excluding hydrogens is 170 g/mol. The molecule has 0 spiro atoms. The Balaban J connectivity index is 2.83. The molecule has 0 atom stereocenters. The fraction of sp³-hybridized carbons (Fsp3) is 0.125. The summed E-state index contributed by atoms with van der Waals surface area (Å²) in [6.07, 6.45) is 2.89. The number of primary amides is 1. The first-order valence-corrected chi connectivity index (χ1v) is 3.40. The second-order valence-corrected chi connectivity index (χ2v) is 2.07. The van der Waals surface area contributed by atoms with Crippen LogP contribution in [0.5, 0.6) is 6.01 Å². The maximum atomic E-state index is 10.3. The molecule has 0 bridgehead atoms. The molecule has 0 unspecified atom stereocenters. The third kappa shape index (κ3) is 2.79. The second-order valence-electron chi connectivity index (χ2n) is 2.07. The first kappa shape index (κ1) is 9.00. The highest BCUT2D eigenvalue weighted by atomic mass is 16.5. The van der Waals surface area contributed by atoms with Crippen molar-refractivity contribution in [3.8, 4) is 17.9 Å². The van der Waals surface area contributed by atoms with Gasteiger partial charge in [-0.25, -0.2) is 9.97 Å². The van der Waals surface area contributed by atoms with Crippen molar-refractivity contribution in [2.75, 3.05) is 7.11 Å². The normalized spacial score (nSPS) is 8.38. The summed E-state index contributed by atoms with van der Waals surface area (Å²) in [6.45, 7) is 0. The van der Waals surface area contributed by atoms with Gasteiger partial charge in [-0.15, -0.1) is 0 Å². The van der Waals surface area contributed by atoms with E-state index in [9.17, 15) is 4.79 Å². The van der Waals surface area contributed by atoms with Gasteiger partial charge in [-0.3, -0.25) is 4.79 Å². The lowest BCUT2D eigenvalue weighted by Gasteiger charge is -1.94. The van der Waals surface area contributed by atoms with Crippen molar-refractivity contribution >= 4 is 5.91 Å². The SMILES string of the molecule is COc1ncc(C#CC(N)=O)cn1. The number of carbonyl (C=O) groups is 1. The van der Waals surface area contributed by atoms with Gasteiger partial charge < -0.3 is 10.5 Å². The van der Waals surface area contributed by atoms with Gasteiger partial charge in [0.05, 0.1) is 12.7 Å². The molecule has 1 heterocycles. The van der Waals surface area contributed by atoms with Gasteiger partial charge in [0, 0.05) is 18.3 Å². The van der Waals surface area contributed by atoms with E-state index in [-0.39, 0.29) is 6.01 Å². The van der Waals surface area contributed by atoms with Crippen LogP contribution in [0.1, 0.15) is 5.56 Å². The standard InChI is InChI=1S/C8H7N3O2/c1-13-8-10-4-6(5-11-8)2-3-7(9)12/h4-5H,1H3,(H2,9,12). The van der Waals surface area contributed by atoms with Crippen LogP contribution < -0.4 is 10.5 Å². The van der Waals surface area contributed by atoms with E-state index in [0.29, 0.717) is 5.56 Å². The van der Waals surface area contributed by atoms with Gasteiger partial charge in [0.25, 0.3) is 5.91 Å². The molecule has 66 valence electrons. The number of nitrogens with zero attached hydrogens (tertiary/aromatic N) is 2. The minimum absolute atomic E-state index is 0.254. The minimum atomic E-state index is -0.684. The first-order valence-electron chi connectivity index (χ1n) is 3.40. The topological polar surface area (TPSA) is 78.1 Å². The summed E-state index contributed by atoms with van der Waals surface area (Å²) >= 11 is 0. The molecule has 0 aliphatic heterocycles. The molecular formula is C8H7N3O2. The zero-order chi connectivity index (χ0) is 9.68. The van der Waals surface area contributed by atoms with Gasteiger partial charge in [0.15, 0.2) is 0 Å². The molecule has 1 aromatic rings. The molecule has 1 amide bonds. The summed E-state index contributed by atoms with van der Waals surface area (Å²) in [5, 5.41) is 0. The lowest BCUT2D eigenvalue weighted by atomic mass is 10.3. The first-order chi connectivity index (χ1) is 6.22. The maximum Gasteiger partial charge on any atom is 0.316 e. The number of aromatic nitrogens is 2. The number of carbonyl (C=O) groups excluding carboxylic acids is 1. The maximum absolute atomic E-state index is 10.3. The number of methoxy groups -OCH3 is 1. The van der Waals surface area contributed by atoms with Gasteiger partial charge in [0.1, 0.15) is 0 Å². The van der Waals surface area contributed by atoms with Crippen molar-refractivity contribution in [2.45, 2.75) is 0 Å². The average Bonchev–Trinajstić information content (AvgIpc) is 2.15. The summed E-state index contributed by atoms with van der Waals surface area (Å²) in [5.74, 6) is 3.97. The zero-order valence-corrected chi connectivity index (χ0v) is 6.94. The highest BCUT2D eigenvalue weighted by molar-refractivity contribution is 5.92. The van der Waals surface area contributed by atoms with Crippen LogP contribution >= 0.6 is 0 Å². The van der Waals surface area contributed by atoms with Gasteiger partial charge >= 0.3 is 6.01 Å². The van der Waals surface area contributed by atoms with Crippen LogP contribution in [0.4, 0.5) is 0 Å². The quantitative estimate of drug-likeness (QED) is 0.576. The van der Waals surface area contributed by atoms with Crippen molar-refractivity contribution in [1.29, 1.82) is 0 Å². The predicted octanol–water partition coefficient (Wildman–Crippen LogP) is -0.678. The highest BCUT2D eigenvalue weighted by Crippen LogP contribution is 1.99. The number of hydrogen-bond donors (Lipinski definition) is 1. The smallest absolute Gasteiger partial charge is 0.316 e. The zero-order valence-electron chi connectivity index (χ0n) is 6.94. The Morgan fingerprint density at radius 1 is 1.54 bits per heavy atom. The van der Waals surface area contributed by atoms with E-state index in [0.717, 1.165) is 0 Å². The van der Waals surface area contributed by atoms with Gasteiger partial charge in [-0.1, -0.05) is 5.92 Å². The second kappa shape index (κ2) is 4.07. The Morgan fingerprint density at radius 2 is 2.15 bits per heavy atom. The van der Waals surface area contributed by atoms with E-state index >= 15 is 0 Å². The number of rotatable bonds is 1. The van der Waals surface area contributed by atoms with Crippen molar-refractivity contribution in [3.05, 3.63) is 18.0 Å². The summed E-state index contributed by atoms with van der Waals surface area (Å²) in [5.41, 5.74) is 5.33. The van der Waals surface area contributed by atoms with Crippen molar-refractivity contribution in [1.82, 2.24) is 9.97 Å². The summed E-state index contributed by atoms with van der Waals surface area (Å²) in [7, 11) is 1.46. The van der Waals surface area contributed by atoms with Gasteiger partial charge in [-0.2, -0.15) is 0 Å². The van der Waals surface area contributed by atoms with Crippen LogP contribution in [0.3, 0.4) is 0 Å². The molecule has 2 N–H and O–H groups in total. The third-order valence-corrected chi connectivity index (χ3v) is 1.14. The molecule has 0 saturated carbocycles. The van der Waals surface area contributed by atoms with Crippen LogP contribution in [0.2, 0.25) is 0 Å². The molecule has 0 aromatic carbocycles. The van der Waals surface area contributed by atoms with Crippen molar-refractivity contribution in [2.24, 2.45) is 5.73 Å². The van der Waals surface area contributed by atoms with E-state index in [2.05, 4.69) is 21.8 Å². The molecule has 5 nitrogen and oxygen atoms in total. The molecule has 0 radical (unpaired) electrons. The summed E-state index contributed by atoms with van der Waals surface area (Å²) < 4.78 is 4.73. The Kier molecular flexibility index (Phi) is 2.82. The van der Waals surface area contributed by atoms with E-state index in [1.165, 1.54) is 19.5 Å². The fourth-order valence-electron chi connectivity index (χ4n) is 0.620. The number of amides is 1. The molecule has 0 aliphatic carbocycles. The highest BCUT2D eigenvalue weighted by Gasteiger charge is 1.92. The lowest BCUT2D eigenvalue weighted by molar-refractivity contribution is -0.112. The number of hydrogen-bond acceptors (Lipinski definition) is 4. The predicted molar refractivity (Wildman–Crippen MR) is 44.7 cm³/mol. The van der Waals surface area contributed by atoms with E-state index in [1.807, 2.05) is 0 Å². The summed E-state index contributed by atoms with van der Waals surface area (Å²) in [6, 6.07) is 0.254. The van der Waals surface area contributed by atoms with Crippen LogP contribution in [0, 0.1) is 11.8 Å². The Hall–Kier alpha value is -2.09. The number of nitrogens with two attached hydrogens (primary N) is 1. The Labute approximate surface area is 74.9 Å². The van der Waals surface area contributed by atoms with Crippen LogP contribution in [-0.4, -0.2) is 23.0 Å². The van der Waals surface area contributed by atoms with Gasteiger partial charge in [0.2, 0.25) is 0 Å². The van der Waals surface area contributed by atoms with Crippen LogP contribution in [0.25, 0.3) is 0 Å². The van der Waals surface area contributed by atoms with Crippen molar-refractivity contribution < 1.29 is 9.53 Å². The Bertz CT molecular complexity index is 361. The molecule has 1 rings (SSSR count). The van der Waals surface area contributed by atoms with Gasteiger partial charge in [-0.05, 0) is 0 Å². The van der Waals surface area contributed by atoms with E-state index in [4.69, 9.17) is 10.5 Å². The van der Waals surface area contributed by atoms with Crippen molar-refractivity contribution in [3.63, 3.8) is 0 Å². The van der Waals surface area contributed by atoms with E-state index < -0.39 is 5.91 Å². The largest absolute Gasteiger partial charge is 0.467 e. The minimum Gasteiger partial charge on any atom is -0.467 e. The van der Waals surface area contributed by atoms with E-state index in [1.54, 1.807) is 0 Å². The number of ether oxygens (including phenoxy) is 1. The molecule has 0 aliphatic rings. The summed E-state index contributed by atoms with van der Waals surface area (Å²) in [4.78, 5) is 17.9. The fourth-order valence-corrected chi connectivity index (χ4v) is 0.620. The average molecular weight is 177 g/mol. The Morgan fingerprint density at radius 3 is 2.62 bits per heavy atom. The third-order valence-electron chi connectivity index (χ3n) is 1.14. The molecule has 5 heteroatoms. The molecule has 1 aromatic heterocycles. The molecule has 0 saturated heterocycles. The van der Waals surface area contributed by atoms with Crippen LogP contribution in [0.15, 0.2) is 12.4 Å². The lowest BCUT2D eigenvalue weighted by Crippen LogP contribution is -2.06. The molecule has 0 fully saturated rings. The van der Waals surface area contributed by atoms with Crippen LogP contribution in [-0.2, 0) is 4.79 Å².